The molecule has 118 valence electrons. The fourth-order valence-corrected chi connectivity index (χ4v) is 4.60. The molecular formula is C18H27Br2N. The van der Waals surface area contributed by atoms with Crippen LogP contribution in [0.15, 0.2) is 21.1 Å². The molecule has 1 aliphatic rings. The fourth-order valence-electron chi connectivity index (χ4n) is 3.52. The predicted octanol–water partition coefficient (Wildman–Crippen LogP) is 6.37. The third kappa shape index (κ3) is 4.11. The molecular weight excluding hydrogens is 390 g/mol. The maximum Gasteiger partial charge on any atom is 0.0335 e. The minimum atomic E-state index is 0.136. The third-order valence-electron chi connectivity index (χ3n) is 5.14. The molecule has 1 unspecified atom stereocenters. The van der Waals surface area contributed by atoms with Gasteiger partial charge in [-0.3, -0.25) is 0 Å². The maximum absolute atomic E-state index is 6.59. The van der Waals surface area contributed by atoms with Crippen LogP contribution < -0.4 is 5.73 Å². The van der Waals surface area contributed by atoms with Crippen molar-refractivity contribution in [1.82, 2.24) is 0 Å². The van der Waals surface area contributed by atoms with Crippen LogP contribution in [0.1, 0.15) is 63.6 Å². The van der Waals surface area contributed by atoms with E-state index in [-0.39, 0.29) is 6.04 Å². The van der Waals surface area contributed by atoms with E-state index in [4.69, 9.17) is 5.73 Å². The molecule has 1 fully saturated rings. The second kappa shape index (κ2) is 6.72. The summed E-state index contributed by atoms with van der Waals surface area (Å²) in [6.45, 7) is 9.21. The fraction of sp³-hybridized carbons (Fsp3) is 0.667. The zero-order valence-corrected chi connectivity index (χ0v) is 16.7. The van der Waals surface area contributed by atoms with Gasteiger partial charge >= 0.3 is 0 Å². The highest BCUT2D eigenvalue weighted by Crippen LogP contribution is 2.44. The molecule has 21 heavy (non-hydrogen) atoms. The Morgan fingerprint density at radius 1 is 1.05 bits per heavy atom. The second-order valence-electron chi connectivity index (χ2n) is 7.63. The number of rotatable bonds is 2. The Morgan fingerprint density at radius 2 is 1.62 bits per heavy atom. The van der Waals surface area contributed by atoms with Gasteiger partial charge in [-0.15, -0.1) is 0 Å². The molecule has 0 aliphatic heterocycles. The number of nitrogens with two attached hydrogens (primary N) is 1. The average Bonchev–Trinajstić information content (AvgIpc) is 2.41. The Labute approximate surface area is 146 Å². The van der Waals surface area contributed by atoms with Crippen molar-refractivity contribution in [2.75, 3.05) is 0 Å². The second-order valence-corrected chi connectivity index (χ2v) is 9.34. The minimum absolute atomic E-state index is 0.136. The number of halogens is 2. The van der Waals surface area contributed by atoms with E-state index >= 15 is 0 Å². The van der Waals surface area contributed by atoms with E-state index in [2.05, 4.69) is 71.7 Å². The summed E-state index contributed by atoms with van der Waals surface area (Å²) in [5.74, 6) is 1.45. The predicted molar refractivity (Wildman–Crippen MR) is 98.4 cm³/mol. The van der Waals surface area contributed by atoms with Crippen molar-refractivity contribution in [2.45, 2.75) is 59.4 Å². The number of hydrogen-bond acceptors (Lipinski definition) is 1. The summed E-state index contributed by atoms with van der Waals surface area (Å²) in [5, 5.41) is 0. The van der Waals surface area contributed by atoms with Crippen LogP contribution in [0.5, 0.6) is 0 Å². The van der Waals surface area contributed by atoms with E-state index in [1.807, 2.05) is 0 Å². The molecule has 0 radical (unpaired) electrons. The maximum atomic E-state index is 6.59. The molecule has 1 aromatic carbocycles. The summed E-state index contributed by atoms with van der Waals surface area (Å²) in [7, 11) is 0. The zero-order chi connectivity index (χ0) is 15.8. The lowest BCUT2D eigenvalue weighted by Crippen LogP contribution is -2.30. The van der Waals surface area contributed by atoms with Crippen molar-refractivity contribution in [2.24, 2.45) is 23.0 Å². The summed E-state index contributed by atoms with van der Waals surface area (Å²) in [5.41, 5.74) is 9.51. The molecule has 1 nitrogen and oxygen atoms in total. The van der Waals surface area contributed by atoms with Gasteiger partial charge in [0.15, 0.2) is 0 Å². The number of hydrogen-bond donors (Lipinski definition) is 1. The van der Waals surface area contributed by atoms with Gasteiger partial charge in [-0.05, 0) is 73.1 Å². The first-order valence-corrected chi connectivity index (χ1v) is 9.50. The van der Waals surface area contributed by atoms with Crippen molar-refractivity contribution in [3.05, 3.63) is 32.2 Å². The van der Waals surface area contributed by atoms with E-state index in [1.54, 1.807) is 0 Å². The topological polar surface area (TPSA) is 26.0 Å². The van der Waals surface area contributed by atoms with Gasteiger partial charge in [0.05, 0.1) is 0 Å². The summed E-state index contributed by atoms with van der Waals surface area (Å²) in [6.07, 6.45) is 5.13. The molecule has 1 atom stereocenters. The highest BCUT2D eigenvalue weighted by molar-refractivity contribution is 9.11. The highest BCUT2D eigenvalue weighted by Gasteiger charge is 2.32. The largest absolute Gasteiger partial charge is 0.324 e. The lowest BCUT2D eigenvalue weighted by Gasteiger charge is -2.39. The molecule has 0 amide bonds. The van der Waals surface area contributed by atoms with E-state index < -0.39 is 0 Å². The van der Waals surface area contributed by atoms with Crippen LogP contribution in [0, 0.1) is 24.2 Å². The Balaban J connectivity index is 2.09. The SMILES string of the molecule is Cc1cc(Br)c(C(N)C2CCC(C(C)(C)C)CC2)cc1Br. The van der Waals surface area contributed by atoms with Gasteiger partial charge in [0.2, 0.25) is 0 Å². The van der Waals surface area contributed by atoms with E-state index in [1.165, 1.54) is 36.8 Å². The first-order valence-electron chi connectivity index (χ1n) is 7.91. The lowest BCUT2D eigenvalue weighted by molar-refractivity contribution is 0.139. The van der Waals surface area contributed by atoms with E-state index in [0.29, 0.717) is 11.3 Å². The molecule has 0 spiro atoms. The van der Waals surface area contributed by atoms with Crippen molar-refractivity contribution in [3.63, 3.8) is 0 Å². The Bertz CT molecular complexity index is 497. The van der Waals surface area contributed by atoms with Crippen LogP contribution in [-0.2, 0) is 0 Å². The molecule has 0 heterocycles. The van der Waals surface area contributed by atoms with Crippen molar-refractivity contribution < 1.29 is 0 Å². The van der Waals surface area contributed by atoms with Crippen LogP contribution >= 0.6 is 31.9 Å². The number of aryl methyl sites for hydroxylation is 1. The molecule has 1 aliphatic carbocycles. The quantitative estimate of drug-likeness (QED) is 0.595. The monoisotopic (exact) mass is 415 g/mol. The molecule has 1 aromatic rings. The minimum Gasteiger partial charge on any atom is -0.324 e. The van der Waals surface area contributed by atoms with Gasteiger partial charge in [-0.2, -0.15) is 0 Å². The normalized spacial score (nSPS) is 24.9. The lowest BCUT2D eigenvalue weighted by atomic mass is 9.68. The smallest absolute Gasteiger partial charge is 0.0335 e. The Morgan fingerprint density at radius 3 is 2.14 bits per heavy atom. The average molecular weight is 417 g/mol. The van der Waals surface area contributed by atoms with Crippen molar-refractivity contribution >= 4 is 31.9 Å². The van der Waals surface area contributed by atoms with Crippen molar-refractivity contribution in [1.29, 1.82) is 0 Å². The van der Waals surface area contributed by atoms with E-state index in [0.717, 1.165) is 14.9 Å². The molecule has 2 rings (SSSR count). The molecule has 0 saturated heterocycles. The third-order valence-corrected chi connectivity index (χ3v) is 6.68. The summed E-state index contributed by atoms with van der Waals surface area (Å²) < 4.78 is 2.30. The Kier molecular flexibility index (Phi) is 5.60. The molecule has 3 heteroatoms. The number of benzene rings is 1. The molecule has 1 saturated carbocycles. The van der Waals surface area contributed by atoms with Crippen molar-refractivity contribution in [3.8, 4) is 0 Å². The van der Waals surface area contributed by atoms with Gasteiger partial charge in [0, 0.05) is 15.0 Å². The van der Waals surface area contributed by atoms with Crippen LogP contribution in [0.2, 0.25) is 0 Å². The van der Waals surface area contributed by atoms with Crippen LogP contribution in [-0.4, -0.2) is 0 Å². The van der Waals surface area contributed by atoms with Gasteiger partial charge in [0.25, 0.3) is 0 Å². The first-order chi connectivity index (χ1) is 9.70. The zero-order valence-electron chi connectivity index (χ0n) is 13.5. The summed E-state index contributed by atoms with van der Waals surface area (Å²) in [6, 6.07) is 4.50. The van der Waals surface area contributed by atoms with Gasteiger partial charge in [-0.25, -0.2) is 0 Å². The van der Waals surface area contributed by atoms with Crippen LogP contribution in [0.25, 0.3) is 0 Å². The standard InChI is InChI=1S/C18H27Br2N/c1-11-9-16(20)14(10-15(11)19)17(21)12-5-7-13(8-6-12)18(2,3)4/h9-10,12-13,17H,5-8,21H2,1-4H3. The highest BCUT2D eigenvalue weighted by atomic mass is 79.9. The van der Waals surface area contributed by atoms with Crippen LogP contribution in [0.4, 0.5) is 0 Å². The van der Waals surface area contributed by atoms with Gasteiger partial charge in [0.1, 0.15) is 0 Å². The van der Waals surface area contributed by atoms with Gasteiger partial charge < -0.3 is 5.73 Å². The molecule has 0 aromatic heterocycles. The van der Waals surface area contributed by atoms with Crippen LogP contribution in [0.3, 0.4) is 0 Å². The van der Waals surface area contributed by atoms with Gasteiger partial charge in [-0.1, -0.05) is 52.6 Å². The summed E-state index contributed by atoms with van der Waals surface area (Å²) >= 11 is 7.32. The first kappa shape index (κ1) is 17.5. The molecule has 2 N–H and O–H groups in total. The van der Waals surface area contributed by atoms with E-state index in [9.17, 15) is 0 Å². The Hall–Kier alpha value is 0.140. The summed E-state index contributed by atoms with van der Waals surface area (Å²) in [4.78, 5) is 0. The molecule has 0 bridgehead atoms.